The number of rotatable bonds is 5. The number of likely N-dealkylation sites (tertiary alicyclic amines) is 1. The Morgan fingerprint density at radius 1 is 1.17 bits per heavy atom. The highest BCUT2D eigenvalue weighted by Crippen LogP contribution is 2.33. The first-order valence-electron chi connectivity index (χ1n) is 9.70. The lowest BCUT2D eigenvalue weighted by Gasteiger charge is -2.31. The van der Waals surface area contributed by atoms with E-state index < -0.39 is 0 Å². The molecule has 0 unspecified atom stereocenters. The van der Waals surface area contributed by atoms with Crippen LogP contribution in [0.4, 0.5) is 0 Å². The quantitative estimate of drug-likeness (QED) is 0.543. The molecule has 4 rings (SSSR count). The van der Waals surface area contributed by atoms with Gasteiger partial charge in [-0.15, -0.1) is 0 Å². The van der Waals surface area contributed by atoms with Crippen LogP contribution in [0.2, 0.25) is 0 Å². The fourth-order valence-electron chi connectivity index (χ4n) is 3.66. The van der Waals surface area contributed by atoms with Crippen molar-refractivity contribution >= 4 is 21.8 Å². The number of halogens is 1. The Balaban J connectivity index is 1.52. The molecular formula is C22H22BrN3O4. The Kier molecular flexibility index (Phi) is 6.03. The Morgan fingerprint density at radius 2 is 1.97 bits per heavy atom. The lowest BCUT2D eigenvalue weighted by atomic mass is 9.97. The molecule has 0 bridgehead atoms. The lowest BCUT2D eigenvalue weighted by Crippen LogP contribution is -2.39. The third-order valence-electron chi connectivity index (χ3n) is 5.25. The molecule has 8 heteroatoms. The van der Waals surface area contributed by atoms with Gasteiger partial charge in [0.2, 0.25) is 11.7 Å². The largest absolute Gasteiger partial charge is 0.493 e. The van der Waals surface area contributed by atoms with E-state index in [1.807, 2.05) is 47.4 Å². The molecule has 1 fully saturated rings. The van der Waals surface area contributed by atoms with Gasteiger partial charge in [0, 0.05) is 23.1 Å². The molecule has 0 radical (unpaired) electrons. The summed E-state index contributed by atoms with van der Waals surface area (Å²) in [6, 6.07) is 13.0. The normalized spacial score (nSPS) is 16.4. The van der Waals surface area contributed by atoms with Gasteiger partial charge in [-0.3, -0.25) is 4.79 Å². The highest BCUT2D eigenvalue weighted by Gasteiger charge is 2.30. The minimum Gasteiger partial charge on any atom is -0.493 e. The number of carbonyl (C=O) groups excluding carboxylic acids is 1. The number of benzene rings is 2. The van der Waals surface area contributed by atoms with Crippen LogP contribution in [-0.4, -0.2) is 48.3 Å². The van der Waals surface area contributed by atoms with Gasteiger partial charge in [-0.1, -0.05) is 17.3 Å². The van der Waals surface area contributed by atoms with Gasteiger partial charge >= 0.3 is 0 Å². The van der Waals surface area contributed by atoms with Crippen LogP contribution in [0.15, 0.2) is 51.5 Å². The molecule has 0 N–H and O–H groups in total. The number of nitrogens with zero attached hydrogens (tertiary/aromatic N) is 3. The second-order valence-electron chi connectivity index (χ2n) is 7.10. The average Bonchev–Trinajstić information content (AvgIpc) is 3.29. The molecule has 1 atom stereocenters. The third kappa shape index (κ3) is 4.05. The fourth-order valence-corrected chi connectivity index (χ4v) is 4.12. The maximum absolute atomic E-state index is 13.0. The van der Waals surface area contributed by atoms with Crippen molar-refractivity contribution in [3.05, 3.63) is 58.4 Å². The van der Waals surface area contributed by atoms with Gasteiger partial charge in [0.05, 0.1) is 25.7 Å². The van der Waals surface area contributed by atoms with Crippen molar-refractivity contribution in [2.75, 3.05) is 27.3 Å². The number of hydrogen-bond donors (Lipinski definition) is 0. The van der Waals surface area contributed by atoms with Crippen molar-refractivity contribution in [1.82, 2.24) is 15.0 Å². The van der Waals surface area contributed by atoms with Crippen LogP contribution < -0.4 is 9.47 Å². The van der Waals surface area contributed by atoms with E-state index in [9.17, 15) is 4.79 Å². The van der Waals surface area contributed by atoms with Crippen molar-refractivity contribution in [2.24, 2.45) is 0 Å². The number of amides is 1. The molecule has 2 heterocycles. The summed E-state index contributed by atoms with van der Waals surface area (Å²) in [5.41, 5.74) is 1.44. The van der Waals surface area contributed by atoms with Gasteiger partial charge in [0.25, 0.3) is 5.91 Å². The van der Waals surface area contributed by atoms with E-state index in [1.165, 1.54) is 0 Å². The zero-order valence-corrected chi connectivity index (χ0v) is 18.4. The van der Waals surface area contributed by atoms with Crippen molar-refractivity contribution < 1.29 is 18.8 Å². The smallest absolute Gasteiger partial charge is 0.255 e. The van der Waals surface area contributed by atoms with Crippen molar-refractivity contribution in [3.8, 4) is 22.9 Å². The summed E-state index contributed by atoms with van der Waals surface area (Å²) in [5, 5.41) is 4.14. The summed E-state index contributed by atoms with van der Waals surface area (Å²) in [6.45, 7) is 1.26. The molecule has 1 amide bonds. The topological polar surface area (TPSA) is 77.7 Å². The minimum atomic E-state index is 0.00609. The molecule has 3 aromatic rings. The first kappa shape index (κ1) is 20.4. The zero-order valence-electron chi connectivity index (χ0n) is 16.8. The third-order valence-corrected chi connectivity index (χ3v) is 5.94. The lowest BCUT2D eigenvalue weighted by molar-refractivity contribution is 0.0694. The van der Waals surface area contributed by atoms with Gasteiger partial charge in [-0.05, 0) is 59.1 Å². The van der Waals surface area contributed by atoms with E-state index in [0.717, 1.165) is 22.9 Å². The van der Waals surface area contributed by atoms with E-state index >= 15 is 0 Å². The van der Waals surface area contributed by atoms with Crippen LogP contribution in [0.25, 0.3) is 11.4 Å². The van der Waals surface area contributed by atoms with Gasteiger partial charge in [0.15, 0.2) is 11.5 Å². The second kappa shape index (κ2) is 8.87. The fraction of sp³-hybridized carbons (Fsp3) is 0.318. The second-order valence-corrected chi connectivity index (χ2v) is 7.95. The summed E-state index contributed by atoms with van der Waals surface area (Å²) in [7, 11) is 3.18. The van der Waals surface area contributed by atoms with Crippen LogP contribution in [-0.2, 0) is 0 Å². The highest BCUT2D eigenvalue weighted by atomic mass is 79.9. The van der Waals surface area contributed by atoms with E-state index in [4.69, 9.17) is 14.0 Å². The number of aromatic nitrogens is 2. The van der Waals surface area contributed by atoms with E-state index in [0.29, 0.717) is 41.9 Å². The molecule has 2 aromatic carbocycles. The molecule has 0 saturated carbocycles. The average molecular weight is 472 g/mol. The number of ether oxygens (including phenoxy) is 2. The first-order chi connectivity index (χ1) is 14.6. The molecular weight excluding hydrogens is 450 g/mol. The Bertz CT molecular complexity index is 1050. The first-order valence-corrected chi connectivity index (χ1v) is 10.5. The molecule has 1 aliphatic heterocycles. The van der Waals surface area contributed by atoms with E-state index in [1.54, 1.807) is 14.2 Å². The summed E-state index contributed by atoms with van der Waals surface area (Å²) in [4.78, 5) is 19.4. The monoisotopic (exact) mass is 471 g/mol. The summed E-state index contributed by atoms with van der Waals surface area (Å²) in [6.07, 6.45) is 1.78. The van der Waals surface area contributed by atoms with Crippen molar-refractivity contribution in [2.45, 2.75) is 18.8 Å². The van der Waals surface area contributed by atoms with Crippen LogP contribution in [0.3, 0.4) is 0 Å². The van der Waals surface area contributed by atoms with Gasteiger partial charge in [-0.25, -0.2) is 0 Å². The van der Waals surface area contributed by atoms with Crippen molar-refractivity contribution in [3.63, 3.8) is 0 Å². The Morgan fingerprint density at radius 3 is 2.73 bits per heavy atom. The molecule has 156 valence electrons. The summed E-state index contributed by atoms with van der Waals surface area (Å²) < 4.78 is 17.0. The predicted molar refractivity (Wildman–Crippen MR) is 115 cm³/mol. The molecule has 0 aliphatic carbocycles. The maximum Gasteiger partial charge on any atom is 0.255 e. The predicted octanol–water partition coefficient (Wildman–Crippen LogP) is 4.54. The van der Waals surface area contributed by atoms with Crippen molar-refractivity contribution in [1.29, 1.82) is 0 Å². The Labute approximate surface area is 183 Å². The van der Waals surface area contributed by atoms with Crippen LogP contribution >= 0.6 is 15.9 Å². The summed E-state index contributed by atoms with van der Waals surface area (Å²) >= 11 is 3.47. The maximum atomic E-state index is 13.0. The molecule has 1 aromatic heterocycles. The number of carbonyl (C=O) groups is 1. The molecule has 1 saturated heterocycles. The number of piperidine rings is 1. The van der Waals surface area contributed by atoms with Gasteiger partial charge in [0.1, 0.15) is 0 Å². The molecule has 30 heavy (non-hydrogen) atoms. The van der Waals surface area contributed by atoms with Gasteiger partial charge in [-0.2, -0.15) is 4.98 Å². The molecule has 1 aliphatic rings. The van der Waals surface area contributed by atoms with Gasteiger partial charge < -0.3 is 18.9 Å². The van der Waals surface area contributed by atoms with Crippen LogP contribution in [0, 0.1) is 0 Å². The minimum absolute atomic E-state index is 0.00609. The number of hydrogen-bond acceptors (Lipinski definition) is 6. The number of methoxy groups -OCH3 is 2. The molecule has 0 spiro atoms. The summed E-state index contributed by atoms with van der Waals surface area (Å²) in [5.74, 6) is 2.28. The van der Waals surface area contributed by atoms with E-state index in [2.05, 4.69) is 26.1 Å². The highest BCUT2D eigenvalue weighted by molar-refractivity contribution is 9.10. The SMILES string of the molecule is COc1ccc(-c2noc([C@@H]3CCCN(C(=O)c4ccccc4Br)C3)n2)cc1OC. The van der Waals surface area contributed by atoms with Crippen LogP contribution in [0.5, 0.6) is 11.5 Å². The van der Waals surface area contributed by atoms with Crippen LogP contribution in [0.1, 0.15) is 35.0 Å². The molecule has 7 nitrogen and oxygen atoms in total. The zero-order chi connectivity index (χ0) is 21.1. The van der Waals surface area contributed by atoms with E-state index in [-0.39, 0.29) is 11.8 Å². The Hall–Kier alpha value is -2.87. The standard InChI is InChI=1S/C22H22BrN3O4/c1-28-18-10-9-14(12-19(18)29-2)20-24-21(30-25-20)15-6-5-11-26(13-15)22(27)16-7-3-4-8-17(16)23/h3-4,7-10,12,15H,5-6,11,13H2,1-2H3/t15-/m1/s1.